The van der Waals surface area contributed by atoms with Gasteiger partial charge in [-0.1, -0.05) is 0 Å². The average Bonchev–Trinajstić information content (AvgIpc) is 2.35. The van der Waals surface area contributed by atoms with E-state index in [9.17, 15) is 14.4 Å². The molecule has 0 aromatic carbocycles. The third-order valence-corrected chi connectivity index (χ3v) is 3.52. The first-order valence-corrected chi connectivity index (χ1v) is 6.65. The number of ether oxygens (including phenoxy) is 2. The summed E-state index contributed by atoms with van der Waals surface area (Å²) < 4.78 is 10.1. The zero-order chi connectivity index (χ0) is 15.6. The topological polar surface area (TPSA) is 72.9 Å². The molecule has 0 bridgehead atoms. The summed E-state index contributed by atoms with van der Waals surface area (Å²) in [5.41, 5.74) is -1.62. The van der Waals surface area contributed by atoms with Crippen molar-refractivity contribution in [2.75, 3.05) is 20.2 Å². The highest BCUT2D eigenvalue weighted by Gasteiger charge is 2.48. The van der Waals surface area contributed by atoms with Crippen LogP contribution in [0.4, 0.5) is 4.79 Å². The van der Waals surface area contributed by atoms with Gasteiger partial charge in [0, 0.05) is 19.0 Å². The predicted octanol–water partition coefficient (Wildman–Crippen LogP) is 1.62. The number of likely N-dealkylation sites (tertiary alicyclic amines) is 1. The van der Waals surface area contributed by atoms with Gasteiger partial charge in [0.1, 0.15) is 11.9 Å². The standard InChI is InChI=1S/C14H23NO5/c1-13(2,3)20-12(18)15-7-6-10(8-16)14(4,9-15)11(17)19-5/h8,10H,6-7,9H2,1-5H3/t10-,14-/m1/s1. The molecule has 0 aromatic rings. The van der Waals surface area contributed by atoms with Gasteiger partial charge in [0.25, 0.3) is 0 Å². The lowest BCUT2D eigenvalue weighted by Gasteiger charge is -2.42. The Morgan fingerprint density at radius 3 is 2.40 bits per heavy atom. The van der Waals surface area contributed by atoms with E-state index in [1.807, 2.05) is 0 Å². The number of esters is 1. The van der Waals surface area contributed by atoms with Crippen molar-refractivity contribution in [1.29, 1.82) is 0 Å². The van der Waals surface area contributed by atoms with Crippen LogP contribution < -0.4 is 0 Å². The lowest BCUT2D eigenvalue weighted by molar-refractivity contribution is -0.160. The number of aldehydes is 1. The van der Waals surface area contributed by atoms with E-state index in [2.05, 4.69) is 0 Å². The third kappa shape index (κ3) is 3.49. The van der Waals surface area contributed by atoms with Gasteiger partial charge in [-0.05, 0) is 34.1 Å². The second-order valence-electron chi connectivity index (χ2n) is 6.34. The molecule has 20 heavy (non-hydrogen) atoms. The van der Waals surface area contributed by atoms with E-state index in [0.29, 0.717) is 13.0 Å². The van der Waals surface area contributed by atoms with Crippen LogP contribution in [0, 0.1) is 11.3 Å². The number of nitrogens with zero attached hydrogens (tertiary/aromatic N) is 1. The molecule has 1 rings (SSSR count). The zero-order valence-electron chi connectivity index (χ0n) is 12.8. The predicted molar refractivity (Wildman–Crippen MR) is 72.1 cm³/mol. The minimum atomic E-state index is -1.02. The third-order valence-electron chi connectivity index (χ3n) is 3.52. The van der Waals surface area contributed by atoms with Gasteiger partial charge in [-0.15, -0.1) is 0 Å². The number of carbonyl (C=O) groups excluding carboxylic acids is 3. The molecule has 1 aliphatic rings. The molecule has 0 spiro atoms. The molecule has 1 amide bonds. The summed E-state index contributed by atoms with van der Waals surface area (Å²) in [5, 5.41) is 0. The van der Waals surface area contributed by atoms with Gasteiger partial charge >= 0.3 is 12.1 Å². The molecule has 6 nitrogen and oxygen atoms in total. The van der Waals surface area contributed by atoms with E-state index in [4.69, 9.17) is 9.47 Å². The quantitative estimate of drug-likeness (QED) is 0.569. The van der Waals surface area contributed by atoms with Crippen LogP contribution in [0.1, 0.15) is 34.1 Å². The SMILES string of the molecule is COC(=O)[C@]1(C)CN(C(=O)OC(C)(C)C)CC[C@@H]1C=O. The molecule has 0 aromatic heterocycles. The van der Waals surface area contributed by atoms with E-state index >= 15 is 0 Å². The summed E-state index contributed by atoms with van der Waals surface area (Å²) in [6, 6.07) is 0. The molecule has 6 heteroatoms. The Morgan fingerprint density at radius 2 is 1.95 bits per heavy atom. The highest BCUT2D eigenvalue weighted by molar-refractivity contribution is 5.82. The normalized spacial score (nSPS) is 26.9. The first kappa shape index (κ1) is 16.5. The Labute approximate surface area is 119 Å². The van der Waals surface area contributed by atoms with Crippen molar-refractivity contribution < 1.29 is 23.9 Å². The van der Waals surface area contributed by atoms with Gasteiger partial charge in [0.2, 0.25) is 0 Å². The summed E-state index contributed by atoms with van der Waals surface area (Å²) in [6.45, 7) is 7.51. The van der Waals surface area contributed by atoms with Crippen LogP contribution in [0.3, 0.4) is 0 Å². The van der Waals surface area contributed by atoms with Crippen LogP contribution in [0.5, 0.6) is 0 Å². The fourth-order valence-corrected chi connectivity index (χ4v) is 2.36. The van der Waals surface area contributed by atoms with Crippen molar-refractivity contribution in [1.82, 2.24) is 4.90 Å². The van der Waals surface area contributed by atoms with Crippen molar-refractivity contribution >= 4 is 18.3 Å². The number of methoxy groups -OCH3 is 1. The van der Waals surface area contributed by atoms with Crippen molar-refractivity contribution in [3.05, 3.63) is 0 Å². The summed E-state index contributed by atoms with van der Waals surface area (Å²) in [6.07, 6.45) is 0.717. The summed E-state index contributed by atoms with van der Waals surface area (Å²) >= 11 is 0. The largest absolute Gasteiger partial charge is 0.469 e. The smallest absolute Gasteiger partial charge is 0.410 e. The summed E-state index contributed by atoms with van der Waals surface area (Å²) in [7, 11) is 1.28. The van der Waals surface area contributed by atoms with Crippen LogP contribution in [0.25, 0.3) is 0 Å². The maximum atomic E-state index is 12.1. The monoisotopic (exact) mass is 285 g/mol. The second kappa shape index (κ2) is 5.81. The highest BCUT2D eigenvalue weighted by Crippen LogP contribution is 2.35. The maximum Gasteiger partial charge on any atom is 0.410 e. The maximum absolute atomic E-state index is 12.1. The van der Waals surface area contributed by atoms with Gasteiger partial charge in [-0.2, -0.15) is 0 Å². The number of rotatable bonds is 2. The molecule has 0 saturated carbocycles. The molecule has 2 atom stereocenters. The molecule has 0 N–H and O–H groups in total. The van der Waals surface area contributed by atoms with Crippen LogP contribution in [0.15, 0.2) is 0 Å². The molecule has 0 unspecified atom stereocenters. The average molecular weight is 285 g/mol. The minimum absolute atomic E-state index is 0.123. The van der Waals surface area contributed by atoms with E-state index in [1.165, 1.54) is 12.0 Å². The fourth-order valence-electron chi connectivity index (χ4n) is 2.36. The lowest BCUT2D eigenvalue weighted by atomic mass is 9.73. The van der Waals surface area contributed by atoms with E-state index < -0.39 is 29.0 Å². The van der Waals surface area contributed by atoms with Crippen LogP contribution in [-0.2, 0) is 19.1 Å². The van der Waals surface area contributed by atoms with Crippen LogP contribution in [-0.4, -0.2) is 49.0 Å². The lowest BCUT2D eigenvalue weighted by Crippen LogP contribution is -2.54. The first-order valence-electron chi connectivity index (χ1n) is 6.65. The zero-order valence-corrected chi connectivity index (χ0v) is 12.8. The Kier molecular flexibility index (Phi) is 4.78. The van der Waals surface area contributed by atoms with Crippen molar-refractivity contribution in [2.24, 2.45) is 11.3 Å². The minimum Gasteiger partial charge on any atom is -0.469 e. The fraction of sp³-hybridized carbons (Fsp3) is 0.786. The highest BCUT2D eigenvalue weighted by atomic mass is 16.6. The van der Waals surface area contributed by atoms with E-state index in [-0.39, 0.29) is 6.54 Å². The number of piperidine rings is 1. The molecule has 0 aliphatic carbocycles. The van der Waals surface area contributed by atoms with Gasteiger partial charge in [0.05, 0.1) is 12.5 Å². The molecule has 114 valence electrons. The molecule has 0 radical (unpaired) electrons. The molecular weight excluding hydrogens is 262 g/mol. The Balaban J connectivity index is 2.88. The molecule has 1 heterocycles. The number of amides is 1. The molecular formula is C14H23NO5. The van der Waals surface area contributed by atoms with Crippen molar-refractivity contribution in [3.63, 3.8) is 0 Å². The van der Waals surface area contributed by atoms with Crippen molar-refractivity contribution in [2.45, 2.75) is 39.7 Å². The number of hydrogen-bond acceptors (Lipinski definition) is 5. The molecule has 1 saturated heterocycles. The van der Waals surface area contributed by atoms with Gasteiger partial charge in [-0.25, -0.2) is 4.79 Å². The number of hydrogen-bond donors (Lipinski definition) is 0. The van der Waals surface area contributed by atoms with E-state index in [0.717, 1.165) is 6.29 Å². The Hall–Kier alpha value is -1.59. The summed E-state index contributed by atoms with van der Waals surface area (Å²) in [5.74, 6) is -0.934. The Bertz CT molecular complexity index is 401. The summed E-state index contributed by atoms with van der Waals surface area (Å²) in [4.78, 5) is 36.6. The molecule has 1 fully saturated rings. The van der Waals surface area contributed by atoms with Gasteiger partial charge in [-0.3, -0.25) is 4.79 Å². The second-order valence-corrected chi connectivity index (χ2v) is 6.34. The first-order chi connectivity index (χ1) is 9.14. The number of carbonyl (C=O) groups is 3. The van der Waals surface area contributed by atoms with E-state index in [1.54, 1.807) is 27.7 Å². The van der Waals surface area contributed by atoms with Crippen LogP contribution >= 0.6 is 0 Å². The van der Waals surface area contributed by atoms with Crippen LogP contribution in [0.2, 0.25) is 0 Å². The van der Waals surface area contributed by atoms with Gasteiger partial charge in [0.15, 0.2) is 0 Å². The van der Waals surface area contributed by atoms with Crippen molar-refractivity contribution in [3.8, 4) is 0 Å². The Morgan fingerprint density at radius 1 is 1.35 bits per heavy atom. The molecule has 1 aliphatic heterocycles. The van der Waals surface area contributed by atoms with Gasteiger partial charge < -0.3 is 19.2 Å².